The Morgan fingerprint density at radius 1 is 0.789 bits per heavy atom. The quantitative estimate of drug-likeness (QED) is 0.574. The van der Waals surface area contributed by atoms with Crippen LogP contribution in [-0.4, -0.2) is 0 Å². The van der Waals surface area contributed by atoms with Crippen LogP contribution in [0.1, 0.15) is 5.56 Å². The van der Waals surface area contributed by atoms with Crippen LogP contribution in [0.25, 0.3) is 11.1 Å². The molecule has 0 radical (unpaired) electrons. The summed E-state index contributed by atoms with van der Waals surface area (Å²) in [4.78, 5) is 0. The van der Waals surface area contributed by atoms with E-state index in [1.807, 2.05) is 0 Å². The van der Waals surface area contributed by atoms with Gasteiger partial charge in [-0.15, -0.1) is 0 Å². The van der Waals surface area contributed by atoms with Crippen LogP contribution in [0, 0.1) is 0 Å². The van der Waals surface area contributed by atoms with Crippen LogP contribution in [0.5, 0.6) is 0 Å². The Bertz CT molecular complexity index is 601. The summed E-state index contributed by atoms with van der Waals surface area (Å²) in [6.45, 7) is 0. The zero-order chi connectivity index (χ0) is 14.2. The van der Waals surface area contributed by atoms with Crippen LogP contribution in [0.3, 0.4) is 0 Å². The standard InChI is InChI=1S/C13H6Cl3F3/c14-9-2-1-3-10(15)12(9)7-4-5-8(11(16)6-7)13(17,18)19/h1-6H. The maximum absolute atomic E-state index is 12.6. The van der Waals surface area contributed by atoms with E-state index in [9.17, 15) is 13.2 Å². The van der Waals surface area contributed by atoms with Gasteiger partial charge in [-0.3, -0.25) is 0 Å². The SMILES string of the molecule is FC(F)(F)c1ccc(-c2c(Cl)cccc2Cl)cc1Cl. The third-order valence-electron chi connectivity index (χ3n) is 2.53. The third-order valence-corrected chi connectivity index (χ3v) is 3.47. The molecule has 19 heavy (non-hydrogen) atoms. The van der Waals surface area contributed by atoms with Crippen LogP contribution >= 0.6 is 34.8 Å². The van der Waals surface area contributed by atoms with Gasteiger partial charge < -0.3 is 0 Å². The first-order valence-electron chi connectivity index (χ1n) is 5.12. The van der Waals surface area contributed by atoms with E-state index in [0.717, 1.165) is 6.07 Å². The maximum atomic E-state index is 12.6. The summed E-state index contributed by atoms with van der Waals surface area (Å²) in [6.07, 6.45) is -4.49. The number of hydrogen-bond donors (Lipinski definition) is 0. The highest BCUT2D eigenvalue weighted by Crippen LogP contribution is 2.40. The predicted octanol–water partition coefficient (Wildman–Crippen LogP) is 6.33. The van der Waals surface area contributed by atoms with Gasteiger partial charge in [0.15, 0.2) is 0 Å². The van der Waals surface area contributed by atoms with Crippen molar-refractivity contribution >= 4 is 34.8 Å². The monoisotopic (exact) mass is 324 g/mol. The van der Waals surface area contributed by atoms with Gasteiger partial charge in [0.1, 0.15) is 0 Å². The lowest BCUT2D eigenvalue weighted by Gasteiger charge is -2.12. The normalized spacial score (nSPS) is 11.7. The lowest BCUT2D eigenvalue weighted by atomic mass is 10.0. The van der Waals surface area contributed by atoms with Gasteiger partial charge in [-0.1, -0.05) is 46.9 Å². The molecule has 0 aliphatic heterocycles. The number of alkyl halides is 3. The zero-order valence-electron chi connectivity index (χ0n) is 9.23. The Morgan fingerprint density at radius 2 is 1.37 bits per heavy atom. The average Bonchev–Trinajstić information content (AvgIpc) is 2.27. The summed E-state index contributed by atoms with van der Waals surface area (Å²) in [5.41, 5.74) is 0.0103. The smallest absolute Gasteiger partial charge is 0.166 e. The van der Waals surface area contributed by atoms with E-state index >= 15 is 0 Å². The number of benzene rings is 2. The van der Waals surface area contributed by atoms with Gasteiger partial charge in [-0.2, -0.15) is 13.2 Å². The van der Waals surface area contributed by atoms with Crippen LogP contribution < -0.4 is 0 Å². The van der Waals surface area contributed by atoms with E-state index in [2.05, 4.69) is 0 Å². The molecule has 0 saturated carbocycles. The van der Waals surface area contributed by atoms with Gasteiger partial charge in [-0.25, -0.2) is 0 Å². The fraction of sp³-hybridized carbons (Fsp3) is 0.0769. The van der Waals surface area contributed by atoms with Crippen LogP contribution in [-0.2, 0) is 6.18 Å². The fourth-order valence-corrected chi connectivity index (χ4v) is 2.58. The third kappa shape index (κ3) is 2.99. The van der Waals surface area contributed by atoms with Crippen LogP contribution in [0.2, 0.25) is 15.1 Å². The molecule has 2 aromatic carbocycles. The summed E-state index contributed by atoms with van der Waals surface area (Å²) in [7, 11) is 0. The topological polar surface area (TPSA) is 0 Å². The van der Waals surface area contributed by atoms with Crippen molar-refractivity contribution in [2.24, 2.45) is 0 Å². The van der Waals surface area contributed by atoms with Crippen LogP contribution in [0.15, 0.2) is 36.4 Å². The molecule has 0 aliphatic carbocycles. The van der Waals surface area contributed by atoms with Crippen molar-refractivity contribution in [3.05, 3.63) is 57.0 Å². The molecule has 0 fully saturated rings. The van der Waals surface area contributed by atoms with Gasteiger partial charge in [0.2, 0.25) is 0 Å². The predicted molar refractivity (Wildman–Crippen MR) is 71.9 cm³/mol. The van der Waals surface area contributed by atoms with Crippen molar-refractivity contribution in [1.29, 1.82) is 0 Å². The summed E-state index contributed by atoms with van der Waals surface area (Å²) in [6, 6.07) is 8.28. The Hall–Kier alpha value is -0.900. The van der Waals surface area contributed by atoms with Crippen molar-refractivity contribution in [2.45, 2.75) is 6.18 Å². The molecule has 0 N–H and O–H groups in total. The van der Waals surface area contributed by atoms with Crippen molar-refractivity contribution in [1.82, 2.24) is 0 Å². The Morgan fingerprint density at radius 3 is 1.84 bits per heavy atom. The summed E-state index contributed by atoms with van der Waals surface area (Å²) in [5, 5.41) is 0.313. The minimum absolute atomic E-state index is 0.350. The Labute approximate surface area is 122 Å². The Balaban J connectivity index is 2.58. The molecular weight excluding hydrogens is 319 g/mol. The molecule has 6 heteroatoms. The molecule has 0 nitrogen and oxygen atoms in total. The minimum Gasteiger partial charge on any atom is -0.166 e. The second kappa shape index (κ2) is 5.23. The zero-order valence-corrected chi connectivity index (χ0v) is 11.5. The summed E-state index contributed by atoms with van der Waals surface area (Å²) >= 11 is 17.7. The molecule has 100 valence electrons. The number of halogens is 6. The lowest BCUT2D eigenvalue weighted by Crippen LogP contribution is -2.05. The minimum atomic E-state index is -4.49. The first kappa shape index (κ1) is 14.5. The van der Waals surface area contributed by atoms with Gasteiger partial charge in [0.05, 0.1) is 10.6 Å². The van der Waals surface area contributed by atoms with E-state index in [1.165, 1.54) is 12.1 Å². The molecule has 2 rings (SSSR count). The molecule has 0 spiro atoms. The van der Waals surface area contributed by atoms with E-state index < -0.39 is 11.7 Å². The molecule has 0 aromatic heterocycles. The maximum Gasteiger partial charge on any atom is 0.417 e. The molecule has 0 heterocycles. The fourth-order valence-electron chi connectivity index (χ4n) is 1.67. The van der Waals surface area contributed by atoms with E-state index in [1.54, 1.807) is 18.2 Å². The molecule has 0 saturated heterocycles. The molecule has 0 atom stereocenters. The summed E-state index contributed by atoms with van der Waals surface area (Å²) < 4.78 is 37.8. The lowest BCUT2D eigenvalue weighted by molar-refractivity contribution is -0.137. The first-order valence-corrected chi connectivity index (χ1v) is 6.25. The highest BCUT2D eigenvalue weighted by atomic mass is 35.5. The van der Waals surface area contributed by atoms with Crippen molar-refractivity contribution in [3.8, 4) is 11.1 Å². The Kier molecular flexibility index (Phi) is 4.00. The molecule has 2 aromatic rings. The van der Waals surface area contributed by atoms with Crippen LogP contribution in [0.4, 0.5) is 13.2 Å². The second-order valence-corrected chi connectivity index (χ2v) is 5.01. The number of hydrogen-bond acceptors (Lipinski definition) is 0. The molecule has 0 aliphatic rings. The van der Waals surface area contributed by atoms with E-state index in [4.69, 9.17) is 34.8 Å². The second-order valence-electron chi connectivity index (χ2n) is 3.79. The van der Waals surface area contributed by atoms with E-state index in [-0.39, 0.29) is 5.02 Å². The largest absolute Gasteiger partial charge is 0.417 e. The first-order chi connectivity index (χ1) is 8.80. The molecule has 0 unspecified atom stereocenters. The van der Waals surface area contributed by atoms with E-state index in [0.29, 0.717) is 21.2 Å². The highest BCUT2D eigenvalue weighted by molar-refractivity contribution is 6.39. The van der Waals surface area contributed by atoms with Crippen molar-refractivity contribution in [2.75, 3.05) is 0 Å². The van der Waals surface area contributed by atoms with Crippen molar-refractivity contribution < 1.29 is 13.2 Å². The van der Waals surface area contributed by atoms with Gasteiger partial charge >= 0.3 is 6.18 Å². The van der Waals surface area contributed by atoms with Gasteiger partial charge in [0.25, 0.3) is 0 Å². The molecule has 0 bridgehead atoms. The summed E-state index contributed by atoms with van der Waals surface area (Å²) in [5.74, 6) is 0. The average molecular weight is 326 g/mol. The highest BCUT2D eigenvalue weighted by Gasteiger charge is 2.33. The van der Waals surface area contributed by atoms with Crippen molar-refractivity contribution in [3.63, 3.8) is 0 Å². The molecular formula is C13H6Cl3F3. The van der Waals surface area contributed by atoms with Gasteiger partial charge in [-0.05, 0) is 29.8 Å². The number of rotatable bonds is 1. The van der Waals surface area contributed by atoms with Gasteiger partial charge in [0, 0.05) is 15.6 Å². The molecule has 0 amide bonds.